The molecule has 0 bridgehead atoms. The van der Waals surface area contributed by atoms with Gasteiger partial charge in [0.15, 0.2) is 5.60 Å². The molecule has 0 aromatic heterocycles. The summed E-state index contributed by atoms with van der Waals surface area (Å²) in [6, 6.07) is 52.3. The molecule has 8 aromatic carbocycles. The Bertz CT molecular complexity index is 3390. The standard InChI is InChI=1S/C69H69NO6/c1-8-10-11-14-45-17-19-46(20-18-45)47-21-23-48(24-22-47)49-25-27-50(28-26-49)67(71)70-53-33-38-56(44(3)41-53)59-42-60-61(43-63(59)74-6)66-58(65-64(60)57-15-12-13-16-62(57)68(65,9-2)75-7)39-40-69(76-66,51-29-34-54(72-4)35-30-51)52-31-36-55(73-5)37-32-52/h12-13,15-16,21-43,45-46H,8-11,14,17-20H2,1-7H3,(H,70,71)/t45-,46-,68?. The van der Waals surface area contributed by atoms with E-state index in [0.717, 1.165) is 101 Å². The SMILES string of the molecule is CCCCC[C@H]1CC[C@H](c2ccc(-c3ccc(C(=O)Nc4ccc(-c5cc6c7c(c8c(c6cc5OC)OC(c5ccc(OC)cc5)(c5ccc(OC)cc5)C=C8)C(CC)(OC)c5ccccc5-7)c(C)c4)cc3)cc2)CC1. The van der Waals surface area contributed by atoms with Crippen molar-refractivity contribution in [3.63, 3.8) is 0 Å². The van der Waals surface area contributed by atoms with Crippen LogP contribution in [-0.4, -0.2) is 34.3 Å². The fourth-order valence-electron chi connectivity index (χ4n) is 12.8. The quantitative estimate of drug-likeness (QED) is 0.0972. The van der Waals surface area contributed by atoms with Crippen LogP contribution in [0.3, 0.4) is 0 Å². The maximum Gasteiger partial charge on any atom is 0.255 e. The molecule has 1 atom stereocenters. The fourth-order valence-corrected chi connectivity index (χ4v) is 12.8. The van der Waals surface area contributed by atoms with E-state index in [-0.39, 0.29) is 5.91 Å². The first-order valence-electron chi connectivity index (χ1n) is 27.3. The Morgan fingerprint density at radius 1 is 0.658 bits per heavy atom. The van der Waals surface area contributed by atoms with E-state index in [0.29, 0.717) is 29.3 Å². The number of benzene rings is 8. The molecule has 8 aromatic rings. The molecule has 1 unspecified atom stereocenters. The molecule has 0 spiro atoms. The summed E-state index contributed by atoms with van der Waals surface area (Å²) in [6.07, 6.45) is 15.8. The molecule has 1 fully saturated rings. The predicted molar refractivity (Wildman–Crippen MR) is 309 cm³/mol. The molecule has 1 saturated carbocycles. The van der Waals surface area contributed by atoms with E-state index in [4.69, 9.17) is 23.7 Å². The van der Waals surface area contributed by atoms with Gasteiger partial charge in [0.05, 0.1) is 21.3 Å². The van der Waals surface area contributed by atoms with Crippen molar-refractivity contribution < 1.29 is 28.5 Å². The lowest BCUT2D eigenvalue weighted by Gasteiger charge is -2.39. The minimum atomic E-state index is -1.02. The molecule has 11 rings (SSSR count). The average molecular weight is 1010 g/mol. The maximum absolute atomic E-state index is 13.8. The first-order chi connectivity index (χ1) is 37.1. The summed E-state index contributed by atoms with van der Waals surface area (Å²) in [7, 11) is 6.89. The van der Waals surface area contributed by atoms with Gasteiger partial charge in [0.2, 0.25) is 0 Å². The molecule has 7 nitrogen and oxygen atoms in total. The number of hydrogen-bond acceptors (Lipinski definition) is 6. The molecule has 0 saturated heterocycles. The zero-order valence-electron chi connectivity index (χ0n) is 45.1. The van der Waals surface area contributed by atoms with Crippen molar-refractivity contribution in [2.45, 2.75) is 95.7 Å². The number of methoxy groups -OCH3 is 4. The van der Waals surface area contributed by atoms with Crippen LogP contribution < -0.4 is 24.3 Å². The third-order valence-corrected chi connectivity index (χ3v) is 17.0. The molecule has 1 amide bonds. The van der Waals surface area contributed by atoms with Crippen LogP contribution in [0.5, 0.6) is 23.0 Å². The predicted octanol–water partition coefficient (Wildman–Crippen LogP) is 17.2. The third kappa shape index (κ3) is 8.92. The average Bonchev–Trinajstić information content (AvgIpc) is 3.97. The third-order valence-electron chi connectivity index (χ3n) is 17.0. The first-order valence-corrected chi connectivity index (χ1v) is 27.3. The molecule has 0 radical (unpaired) electrons. The number of nitrogens with one attached hydrogen (secondary N) is 1. The zero-order chi connectivity index (χ0) is 52.6. The number of carbonyl (C=O) groups excluding carboxylic acids is 1. The van der Waals surface area contributed by atoms with Crippen molar-refractivity contribution in [1.29, 1.82) is 0 Å². The molecule has 3 aliphatic rings. The highest BCUT2D eigenvalue weighted by Crippen LogP contribution is 2.60. The van der Waals surface area contributed by atoms with Crippen molar-refractivity contribution in [2.75, 3.05) is 33.8 Å². The highest BCUT2D eigenvalue weighted by atomic mass is 16.5. The summed E-state index contributed by atoms with van der Waals surface area (Å²) >= 11 is 0. The van der Waals surface area contributed by atoms with Gasteiger partial charge in [-0.3, -0.25) is 4.79 Å². The van der Waals surface area contributed by atoms with Gasteiger partial charge in [0.1, 0.15) is 28.6 Å². The Kier molecular flexibility index (Phi) is 14.1. The van der Waals surface area contributed by atoms with Gasteiger partial charge in [-0.2, -0.15) is 0 Å². The van der Waals surface area contributed by atoms with Crippen LogP contribution in [-0.2, 0) is 15.9 Å². The molecule has 2 aliphatic carbocycles. The minimum Gasteiger partial charge on any atom is -0.497 e. The highest BCUT2D eigenvalue weighted by molar-refractivity contribution is 6.11. The molecule has 386 valence electrons. The van der Waals surface area contributed by atoms with E-state index < -0.39 is 11.2 Å². The number of amides is 1. The molecular weight excluding hydrogens is 939 g/mol. The lowest BCUT2D eigenvalue weighted by atomic mass is 9.77. The van der Waals surface area contributed by atoms with Crippen LogP contribution in [0.1, 0.15) is 127 Å². The van der Waals surface area contributed by atoms with Gasteiger partial charge in [-0.25, -0.2) is 0 Å². The summed E-state index contributed by atoms with van der Waals surface area (Å²) in [5.41, 5.74) is 13.4. The number of unbranched alkanes of at least 4 members (excludes halogenated alkanes) is 2. The van der Waals surface area contributed by atoms with Gasteiger partial charge < -0.3 is 29.0 Å². The van der Waals surface area contributed by atoms with Crippen molar-refractivity contribution in [2.24, 2.45) is 5.92 Å². The minimum absolute atomic E-state index is 0.159. The number of ether oxygens (including phenoxy) is 5. The molecule has 1 N–H and O–H groups in total. The number of carbonyl (C=O) groups is 1. The van der Waals surface area contributed by atoms with E-state index in [1.165, 1.54) is 56.9 Å². The summed E-state index contributed by atoms with van der Waals surface area (Å²) in [4.78, 5) is 13.8. The summed E-state index contributed by atoms with van der Waals surface area (Å²) in [5.74, 6) is 4.35. The Labute approximate surface area is 448 Å². The van der Waals surface area contributed by atoms with E-state index in [2.05, 4.69) is 141 Å². The van der Waals surface area contributed by atoms with Gasteiger partial charge in [-0.15, -0.1) is 0 Å². The van der Waals surface area contributed by atoms with Crippen molar-refractivity contribution in [1.82, 2.24) is 0 Å². The van der Waals surface area contributed by atoms with Crippen LogP contribution in [0, 0.1) is 12.8 Å². The van der Waals surface area contributed by atoms with E-state index in [9.17, 15) is 4.79 Å². The monoisotopic (exact) mass is 1010 g/mol. The largest absolute Gasteiger partial charge is 0.497 e. The van der Waals surface area contributed by atoms with Gasteiger partial charge in [0, 0.05) is 51.6 Å². The van der Waals surface area contributed by atoms with E-state index in [1.54, 1.807) is 21.3 Å². The van der Waals surface area contributed by atoms with Crippen LogP contribution in [0.4, 0.5) is 5.69 Å². The summed E-state index contributed by atoms with van der Waals surface area (Å²) in [5, 5.41) is 5.12. The van der Waals surface area contributed by atoms with Crippen molar-refractivity contribution >= 4 is 28.4 Å². The normalized spacial score (nSPS) is 18.0. The molecular formula is C69H69NO6. The van der Waals surface area contributed by atoms with Crippen molar-refractivity contribution in [3.8, 4) is 56.4 Å². The number of anilines is 1. The maximum atomic E-state index is 13.8. The lowest BCUT2D eigenvalue weighted by Crippen LogP contribution is -2.35. The Hall–Kier alpha value is -7.61. The smallest absolute Gasteiger partial charge is 0.255 e. The molecule has 1 aliphatic heterocycles. The van der Waals surface area contributed by atoms with E-state index in [1.807, 2.05) is 55.6 Å². The van der Waals surface area contributed by atoms with Gasteiger partial charge >= 0.3 is 0 Å². The second-order valence-corrected chi connectivity index (χ2v) is 21.0. The number of fused-ring (bicyclic) bond motifs is 8. The lowest BCUT2D eigenvalue weighted by molar-refractivity contribution is 0.0219. The van der Waals surface area contributed by atoms with Crippen LogP contribution in [0.15, 0.2) is 158 Å². The zero-order valence-corrected chi connectivity index (χ0v) is 45.1. The summed E-state index contributed by atoms with van der Waals surface area (Å²) in [6.45, 7) is 6.56. The fraction of sp³-hybridized carbons (Fsp3) is 0.290. The second kappa shape index (κ2) is 21.2. The second-order valence-electron chi connectivity index (χ2n) is 21.0. The van der Waals surface area contributed by atoms with E-state index >= 15 is 0 Å². The molecule has 76 heavy (non-hydrogen) atoms. The number of rotatable bonds is 16. The topological polar surface area (TPSA) is 75.3 Å². The number of hydrogen-bond donors (Lipinski definition) is 1. The van der Waals surface area contributed by atoms with Gasteiger partial charge in [0.25, 0.3) is 5.91 Å². The number of aryl methyl sites for hydroxylation is 1. The Morgan fingerprint density at radius 3 is 1.92 bits per heavy atom. The first kappa shape index (κ1) is 50.5. The van der Waals surface area contributed by atoms with Gasteiger partial charge in [-0.05, 0) is 167 Å². The summed E-state index contributed by atoms with van der Waals surface area (Å²) < 4.78 is 32.0. The van der Waals surface area contributed by atoms with Crippen LogP contribution >= 0.6 is 0 Å². The highest BCUT2D eigenvalue weighted by Gasteiger charge is 2.48. The Balaban J connectivity index is 0.921. The van der Waals surface area contributed by atoms with Gasteiger partial charge in [-0.1, -0.05) is 137 Å². The van der Waals surface area contributed by atoms with Crippen LogP contribution in [0.25, 0.3) is 50.2 Å². The van der Waals surface area contributed by atoms with Crippen molar-refractivity contribution in [3.05, 3.63) is 202 Å². The Morgan fingerprint density at radius 2 is 1.32 bits per heavy atom. The molecule has 7 heteroatoms. The van der Waals surface area contributed by atoms with Crippen LogP contribution in [0.2, 0.25) is 0 Å². The molecule has 1 heterocycles.